The van der Waals surface area contributed by atoms with Crippen LogP contribution in [0.5, 0.6) is 0 Å². The van der Waals surface area contributed by atoms with Crippen molar-refractivity contribution in [3.05, 3.63) is 59.7 Å². The number of halogens is 1. The molecule has 0 heterocycles. The standard InChI is InChI=1S/C19H25N3O3S.ClH/c1-3-14(2)22-26(24,25)18-10-6-16(7-11-18)19(23)21-13-12-15-4-8-17(20)9-5-15;/h4-11,14,22H,3,12-13,20H2,1-2H3,(H,21,23);1H. The zero-order valence-corrected chi connectivity index (χ0v) is 17.1. The molecule has 0 aliphatic rings. The van der Waals surface area contributed by atoms with Crippen molar-refractivity contribution < 1.29 is 13.2 Å². The molecule has 0 fully saturated rings. The molecule has 1 unspecified atom stereocenters. The zero-order chi connectivity index (χ0) is 19.2. The first-order chi connectivity index (χ1) is 12.3. The molecule has 27 heavy (non-hydrogen) atoms. The molecule has 8 heteroatoms. The lowest BCUT2D eigenvalue weighted by atomic mass is 10.1. The third kappa shape index (κ3) is 6.86. The van der Waals surface area contributed by atoms with E-state index in [1.165, 1.54) is 24.3 Å². The minimum absolute atomic E-state index is 0. The summed E-state index contributed by atoms with van der Waals surface area (Å²) in [6.07, 6.45) is 1.39. The van der Waals surface area contributed by atoms with Gasteiger partial charge in [-0.15, -0.1) is 12.4 Å². The number of benzene rings is 2. The quantitative estimate of drug-likeness (QED) is 0.581. The molecule has 0 aliphatic carbocycles. The molecule has 0 spiro atoms. The van der Waals surface area contributed by atoms with Crippen molar-refractivity contribution in [2.24, 2.45) is 0 Å². The van der Waals surface area contributed by atoms with E-state index in [9.17, 15) is 13.2 Å². The largest absolute Gasteiger partial charge is 0.399 e. The monoisotopic (exact) mass is 411 g/mol. The second-order valence-corrected chi connectivity index (χ2v) is 7.92. The summed E-state index contributed by atoms with van der Waals surface area (Å²) in [5.41, 5.74) is 7.85. The molecule has 1 amide bonds. The summed E-state index contributed by atoms with van der Waals surface area (Å²) in [4.78, 5) is 12.3. The number of amides is 1. The minimum atomic E-state index is -3.56. The molecule has 2 aromatic carbocycles. The van der Waals surface area contributed by atoms with Gasteiger partial charge in [0.25, 0.3) is 5.91 Å². The molecule has 0 saturated heterocycles. The van der Waals surface area contributed by atoms with Crippen LogP contribution < -0.4 is 15.8 Å². The lowest BCUT2D eigenvalue weighted by molar-refractivity contribution is 0.0954. The Balaban J connectivity index is 0.00000364. The average molecular weight is 412 g/mol. The number of sulfonamides is 1. The Morgan fingerprint density at radius 1 is 1.07 bits per heavy atom. The van der Waals surface area contributed by atoms with E-state index in [4.69, 9.17) is 5.73 Å². The molecule has 0 aromatic heterocycles. The Morgan fingerprint density at radius 3 is 2.22 bits per heavy atom. The summed E-state index contributed by atoms with van der Waals surface area (Å²) in [7, 11) is -3.56. The summed E-state index contributed by atoms with van der Waals surface area (Å²) in [5.74, 6) is -0.237. The number of hydrogen-bond donors (Lipinski definition) is 3. The molecule has 1 atom stereocenters. The highest BCUT2D eigenvalue weighted by Crippen LogP contribution is 2.12. The first-order valence-electron chi connectivity index (χ1n) is 8.57. The van der Waals surface area contributed by atoms with Crippen molar-refractivity contribution >= 4 is 34.0 Å². The van der Waals surface area contributed by atoms with Crippen molar-refractivity contribution in [2.45, 2.75) is 37.6 Å². The van der Waals surface area contributed by atoms with Crippen LogP contribution in [0, 0.1) is 0 Å². The third-order valence-corrected chi connectivity index (χ3v) is 5.68. The molecule has 148 valence electrons. The summed E-state index contributed by atoms with van der Waals surface area (Å²) in [6.45, 7) is 4.20. The number of carbonyl (C=O) groups is 1. The van der Waals surface area contributed by atoms with E-state index in [0.29, 0.717) is 30.6 Å². The van der Waals surface area contributed by atoms with Crippen LogP contribution in [-0.4, -0.2) is 26.9 Å². The van der Waals surface area contributed by atoms with Crippen LogP contribution in [0.4, 0.5) is 5.69 Å². The van der Waals surface area contributed by atoms with E-state index in [2.05, 4.69) is 10.0 Å². The van der Waals surface area contributed by atoms with Crippen LogP contribution >= 0.6 is 12.4 Å². The van der Waals surface area contributed by atoms with Gasteiger partial charge in [-0.05, 0) is 61.7 Å². The van der Waals surface area contributed by atoms with E-state index in [1.807, 2.05) is 31.2 Å². The van der Waals surface area contributed by atoms with E-state index in [1.54, 1.807) is 6.92 Å². The second kappa shape index (κ2) is 10.3. The molecule has 2 aromatic rings. The van der Waals surface area contributed by atoms with Gasteiger partial charge in [0.2, 0.25) is 10.0 Å². The summed E-state index contributed by atoms with van der Waals surface area (Å²) >= 11 is 0. The lowest BCUT2D eigenvalue weighted by Gasteiger charge is -2.12. The van der Waals surface area contributed by atoms with Gasteiger partial charge in [-0.1, -0.05) is 19.1 Å². The van der Waals surface area contributed by atoms with E-state index in [-0.39, 0.29) is 29.3 Å². The third-order valence-electron chi connectivity index (χ3n) is 4.07. The molecular weight excluding hydrogens is 386 g/mol. The molecule has 0 aliphatic heterocycles. The zero-order valence-electron chi connectivity index (χ0n) is 15.4. The highest BCUT2D eigenvalue weighted by molar-refractivity contribution is 7.89. The molecule has 4 N–H and O–H groups in total. The van der Waals surface area contributed by atoms with Crippen molar-refractivity contribution in [3.8, 4) is 0 Å². The fourth-order valence-electron chi connectivity index (χ4n) is 2.31. The summed E-state index contributed by atoms with van der Waals surface area (Å²) in [6, 6.07) is 13.3. The first kappa shape index (κ1) is 23.0. The Hall–Kier alpha value is -2.09. The summed E-state index contributed by atoms with van der Waals surface area (Å²) < 4.78 is 27.0. The number of nitrogen functional groups attached to an aromatic ring is 1. The molecular formula is C19H26ClN3O3S. The molecule has 0 bridgehead atoms. The Kier molecular flexibility index (Phi) is 8.75. The number of hydrogen-bond acceptors (Lipinski definition) is 4. The van der Waals surface area contributed by atoms with Crippen LogP contribution in [0.3, 0.4) is 0 Å². The van der Waals surface area contributed by atoms with Crippen LogP contribution in [0.2, 0.25) is 0 Å². The van der Waals surface area contributed by atoms with Crippen LogP contribution in [-0.2, 0) is 16.4 Å². The number of nitrogens with two attached hydrogens (primary N) is 1. The van der Waals surface area contributed by atoms with E-state index < -0.39 is 10.0 Å². The smallest absolute Gasteiger partial charge is 0.251 e. The normalized spacial score (nSPS) is 12.1. The second-order valence-electron chi connectivity index (χ2n) is 6.20. The molecule has 0 saturated carbocycles. The number of carbonyl (C=O) groups excluding carboxylic acids is 1. The maximum atomic E-state index is 12.2. The summed E-state index contributed by atoms with van der Waals surface area (Å²) in [5, 5.41) is 2.83. The molecule has 6 nitrogen and oxygen atoms in total. The van der Waals surface area contributed by atoms with Gasteiger partial charge in [-0.2, -0.15) is 0 Å². The highest BCUT2D eigenvalue weighted by Gasteiger charge is 2.17. The first-order valence-corrected chi connectivity index (χ1v) is 10.0. The van der Waals surface area contributed by atoms with E-state index >= 15 is 0 Å². The number of rotatable bonds is 8. The number of nitrogens with one attached hydrogen (secondary N) is 2. The van der Waals surface area contributed by atoms with Gasteiger partial charge in [0.15, 0.2) is 0 Å². The SMILES string of the molecule is CCC(C)NS(=O)(=O)c1ccc(C(=O)NCCc2ccc(N)cc2)cc1.Cl. The van der Waals surface area contributed by atoms with Gasteiger partial charge < -0.3 is 11.1 Å². The highest BCUT2D eigenvalue weighted by atomic mass is 35.5. The van der Waals surface area contributed by atoms with Crippen molar-refractivity contribution in [1.82, 2.24) is 10.0 Å². The Morgan fingerprint density at radius 2 is 1.67 bits per heavy atom. The fraction of sp³-hybridized carbons (Fsp3) is 0.316. The van der Waals surface area contributed by atoms with E-state index in [0.717, 1.165) is 5.56 Å². The van der Waals surface area contributed by atoms with Gasteiger partial charge in [0.1, 0.15) is 0 Å². The maximum Gasteiger partial charge on any atom is 0.251 e. The van der Waals surface area contributed by atoms with Crippen molar-refractivity contribution in [1.29, 1.82) is 0 Å². The predicted molar refractivity (Wildman–Crippen MR) is 111 cm³/mol. The van der Waals surface area contributed by atoms with Crippen molar-refractivity contribution in [3.63, 3.8) is 0 Å². The topological polar surface area (TPSA) is 101 Å². The predicted octanol–water partition coefficient (Wildman–Crippen LogP) is 2.74. The fourth-order valence-corrected chi connectivity index (χ4v) is 3.64. The van der Waals surface area contributed by atoms with Crippen molar-refractivity contribution in [2.75, 3.05) is 12.3 Å². The number of anilines is 1. The minimum Gasteiger partial charge on any atom is -0.399 e. The van der Waals surface area contributed by atoms with Crippen LogP contribution in [0.1, 0.15) is 36.2 Å². The van der Waals surface area contributed by atoms with Gasteiger partial charge in [0, 0.05) is 23.8 Å². The van der Waals surface area contributed by atoms with Gasteiger partial charge >= 0.3 is 0 Å². The van der Waals surface area contributed by atoms with Crippen LogP contribution in [0.15, 0.2) is 53.4 Å². The van der Waals surface area contributed by atoms with Gasteiger partial charge in [-0.3, -0.25) is 4.79 Å². The molecule has 0 radical (unpaired) electrons. The van der Waals surface area contributed by atoms with Gasteiger partial charge in [0.05, 0.1) is 4.90 Å². The molecule has 2 rings (SSSR count). The Labute approximate surface area is 167 Å². The van der Waals surface area contributed by atoms with Crippen LogP contribution in [0.25, 0.3) is 0 Å². The lowest BCUT2D eigenvalue weighted by Crippen LogP contribution is -2.32. The maximum absolute atomic E-state index is 12.2. The van der Waals surface area contributed by atoms with Gasteiger partial charge in [-0.25, -0.2) is 13.1 Å². The Bertz CT molecular complexity index is 838. The average Bonchev–Trinajstić information content (AvgIpc) is 2.63.